The minimum Gasteiger partial charge on any atom is -0.442 e. The lowest BCUT2D eigenvalue weighted by Crippen LogP contribution is -2.45. The van der Waals surface area contributed by atoms with Crippen LogP contribution in [-0.4, -0.2) is 57.5 Å². The van der Waals surface area contributed by atoms with E-state index < -0.39 is 17.1 Å². The highest BCUT2D eigenvalue weighted by Crippen LogP contribution is 2.66. The van der Waals surface area contributed by atoms with Crippen molar-refractivity contribution in [2.24, 2.45) is 5.92 Å². The summed E-state index contributed by atoms with van der Waals surface area (Å²) in [5.41, 5.74) is 3.37. The van der Waals surface area contributed by atoms with Gasteiger partial charge in [0.05, 0.1) is 10.9 Å². The Balaban J connectivity index is 1.29. The van der Waals surface area contributed by atoms with Gasteiger partial charge in [-0.05, 0) is 69.4 Å². The molecule has 2 aromatic heterocycles. The molecule has 1 spiro atoms. The van der Waals surface area contributed by atoms with Crippen LogP contribution in [0.4, 0.5) is 27.9 Å². The summed E-state index contributed by atoms with van der Waals surface area (Å²) >= 11 is 6.75. The van der Waals surface area contributed by atoms with E-state index in [4.69, 9.17) is 16.3 Å². The molecule has 1 amide bonds. The van der Waals surface area contributed by atoms with E-state index in [0.717, 1.165) is 35.5 Å². The van der Waals surface area contributed by atoms with Gasteiger partial charge in [0.15, 0.2) is 17.5 Å². The van der Waals surface area contributed by atoms with Crippen LogP contribution in [0.15, 0.2) is 42.7 Å². The van der Waals surface area contributed by atoms with Gasteiger partial charge >= 0.3 is 6.09 Å². The molecular weight excluding hydrogens is 566 g/mol. The summed E-state index contributed by atoms with van der Waals surface area (Å²) in [4.78, 5) is 39.6. The summed E-state index contributed by atoms with van der Waals surface area (Å²) < 4.78 is 6.99. The zero-order valence-corrected chi connectivity index (χ0v) is 25.9. The number of rotatable bonds is 4. The number of carbonyl (C=O) groups excluding carboxylic acids is 2. The number of anilines is 4. The first kappa shape index (κ1) is 27.6. The number of amides is 1. The maximum absolute atomic E-state index is 13.6. The standard InChI is InChI=1S/C32H34ClN7O3/c1-17-7-10-23-21(11-17)32(29(41)38(23)6)13-22(32)19-8-9-20-24(12-19)40(30(42)43-31(3,4)5)37-26(20)36-27-25(33)28(35-16-34-27)39-14-18(2)15-39/h7-12,16,18,22H,13-15H2,1-6H3,(H,34,35,36,37)/t22-,32-/m0/s1. The quantitative estimate of drug-likeness (QED) is 0.297. The van der Waals surface area contributed by atoms with Crippen LogP contribution in [-0.2, 0) is 14.9 Å². The molecule has 10 nitrogen and oxygen atoms in total. The highest BCUT2D eigenvalue weighted by Gasteiger charge is 2.66. The topological polar surface area (TPSA) is 105 Å². The lowest BCUT2D eigenvalue weighted by atomic mass is 9.91. The minimum atomic E-state index is -0.719. The summed E-state index contributed by atoms with van der Waals surface area (Å²) in [6.45, 7) is 11.4. The predicted molar refractivity (Wildman–Crippen MR) is 167 cm³/mol. The Morgan fingerprint density at radius 1 is 1.12 bits per heavy atom. The highest BCUT2D eigenvalue weighted by molar-refractivity contribution is 6.35. The van der Waals surface area contributed by atoms with Crippen molar-refractivity contribution >= 4 is 57.6 Å². The molecule has 0 bridgehead atoms. The van der Waals surface area contributed by atoms with Crippen molar-refractivity contribution in [2.75, 3.05) is 35.3 Å². The van der Waals surface area contributed by atoms with E-state index in [1.165, 1.54) is 11.0 Å². The lowest BCUT2D eigenvalue weighted by Gasteiger charge is -2.38. The molecule has 0 unspecified atom stereocenters. The maximum Gasteiger partial charge on any atom is 0.435 e. The van der Waals surface area contributed by atoms with E-state index in [0.29, 0.717) is 45.7 Å². The molecule has 2 aromatic carbocycles. The Hall–Kier alpha value is -4.18. The number of likely N-dealkylation sites (N-methyl/N-ethyl adjacent to an activating group) is 1. The number of benzene rings is 2. The molecule has 4 heterocycles. The molecule has 2 atom stereocenters. The number of aryl methyl sites for hydroxylation is 1. The summed E-state index contributed by atoms with van der Waals surface area (Å²) in [7, 11) is 1.84. The summed E-state index contributed by atoms with van der Waals surface area (Å²) in [5, 5.41) is 8.97. The van der Waals surface area contributed by atoms with E-state index in [-0.39, 0.29) is 11.8 Å². The average molecular weight is 600 g/mol. The number of aromatic nitrogens is 4. The number of ether oxygens (including phenoxy) is 1. The molecule has 0 radical (unpaired) electrons. The summed E-state index contributed by atoms with van der Waals surface area (Å²) in [6, 6.07) is 12.1. The fourth-order valence-electron chi connectivity index (χ4n) is 6.56. The Morgan fingerprint density at radius 2 is 1.88 bits per heavy atom. The van der Waals surface area contributed by atoms with Crippen LogP contribution < -0.4 is 15.1 Å². The first-order chi connectivity index (χ1) is 20.4. The second-order valence-corrected chi connectivity index (χ2v) is 13.5. The molecule has 43 heavy (non-hydrogen) atoms. The van der Waals surface area contributed by atoms with E-state index in [1.54, 1.807) is 4.90 Å². The molecule has 7 rings (SSSR count). The number of fused-ring (bicyclic) bond motifs is 3. The van der Waals surface area contributed by atoms with Gasteiger partial charge in [0.25, 0.3) is 0 Å². The molecule has 3 aliphatic rings. The first-order valence-electron chi connectivity index (χ1n) is 14.5. The van der Waals surface area contributed by atoms with Crippen molar-refractivity contribution in [3.8, 4) is 0 Å². The molecular formula is C32H34ClN7O3. The van der Waals surface area contributed by atoms with Crippen molar-refractivity contribution < 1.29 is 14.3 Å². The monoisotopic (exact) mass is 599 g/mol. The molecule has 2 fully saturated rings. The SMILES string of the molecule is Cc1ccc2c(c1)[C@]1(C[C@H]1c1ccc3c(Nc4ncnc(N5CC(C)C5)c4Cl)nn(C(=O)OC(C)(C)C)c3c1)C(=O)N2C. The Bertz CT molecular complexity index is 1820. The fourth-order valence-corrected chi connectivity index (χ4v) is 6.82. The van der Waals surface area contributed by atoms with Gasteiger partial charge in [0.2, 0.25) is 5.91 Å². The van der Waals surface area contributed by atoms with Crippen molar-refractivity contribution in [3.05, 3.63) is 64.4 Å². The number of hydrogen-bond donors (Lipinski definition) is 1. The van der Waals surface area contributed by atoms with Crippen LogP contribution in [0.3, 0.4) is 0 Å². The minimum absolute atomic E-state index is 0.0221. The highest BCUT2D eigenvalue weighted by atomic mass is 35.5. The third-order valence-corrected chi connectivity index (χ3v) is 9.03. The molecule has 11 heteroatoms. The van der Waals surface area contributed by atoms with Crippen molar-refractivity contribution in [3.63, 3.8) is 0 Å². The zero-order valence-electron chi connectivity index (χ0n) is 25.1. The zero-order chi connectivity index (χ0) is 30.4. The molecule has 222 valence electrons. The Morgan fingerprint density at radius 3 is 2.60 bits per heavy atom. The summed E-state index contributed by atoms with van der Waals surface area (Å²) in [5.74, 6) is 2.14. The number of nitrogens with zero attached hydrogens (tertiary/aromatic N) is 6. The van der Waals surface area contributed by atoms with Gasteiger partial charge in [0, 0.05) is 37.1 Å². The average Bonchev–Trinajstić information content (AvgIpc) is 3.54. The van der Waals surface area contributed by atoms with Crippen LogP contribution in [0.1, 0.15) is 56.7 Å². The van der Waals surface area contributed by atoms with Crippen LogP contribution in [0.5, 0.6) is 0 Å². The number of halogens is 1. The van der Waals surface area contributed by atoms with Gasteiger partial charge < -0.3 is 19.9 Å². The number of hydrogen-bond acceptors (Lipinski definition) is 8. The number of carbonyl (C=O) groups is 2. The van der Waals surface area contributed by atoms with E-state index >= 15 is 0 Å². The number of nitrogens with one attached hydrogen (secondary N) is 1. The lowest BCUT2D eigenvalue weighted by molar-refractivity contribution is -0.120. The first-order valence-corrected chi connectivity index (χ1v) is 14.9. The Labute approximate surface area is 255 Å². The normalized spacial score (nSPS) is 21.4. The van der Waals surface area contributed by atoms with Crippen molar-refractivity contribution in [1.29, 1.82) is 0 Å². The molecule has 1 N–H and O–H groups in total. The van der Waals surface area contributed by atoms with Gasteiger partial charge in [-0.1, -0.05) is 42.3 Å². The van der Waals surface area contributed by atoms with Gasteiger partial charge in [-0.25, -0.2) is 14.8 Å². The van der Waals surface area contributed by atoms with E-state index in [1.807, 2.05) is 65.1 Å². The predicted octanol–water partition coefficient (Wildman–Crippen LogP) is 6.17. The molecule has 1 aliphatic carbocycles. The smallest absolute Gasteiger partial charge is 0.435 e. The second-order valence-electron chi connectivity index (χ2n) is 13.1. The summed E-state index contributed by atoms with van der Waals surface area (Å²) in [6.07, 6.45) is 1.58. The van der Waals surface area contributed by atoms with Crippen LogP contribution in [0.25, 0.3) is 10.9 Å². The maximum atomic E-state index is 13.6. The molecule has 2 aliphatic heterocycles. The van der Waals surface area contributed by atoms with Gasteiger partial charge in [-0.3, -0.25) is 4.79 Å². The largest absolute Gasteiger partial charge is 0.442 e. The third kappa shape index (κ3) is 4.33. The van der Waals surface area contributed by atoms with Crippen molar-refractivity contribution in [1.82, 2.24) is 19.7 Å². The van der Waals surface area contributed by atoms with Crippen LogP contribution in [0.2, 0.25) is 5.02 Å². The second kappa shape index (κ2) is 9.41. The third-order valence-electron chi connectivity index (χ3n) is 8.69. The van der Waals surface area contributed by atoms with E-state index in [9.17, 15) is 9.59 Å². The molecule has 1 saturated carbocycles. The van der Waals surface area contributed by atoms with Crippen molar-refractivity contribution in [2.45, 2.75) is 58.0 Å². The van der Waals surface area contributed by atoms with Crippen LogP contribution in [0, 0.1) is 12.8 Å². The van der Waals surface area contributed by atoms with Gasteiger partial charge in [0.1, 0.15) is 17.0 Å². The van der Waals surface area contributed by atoms with Crippen LogP contribution >= 0.6 is 11.6 Å². The fraction of sp³-hybridized carbons (Fsp3) is 0.406. The molecule has 1 saturated heterocycles. The Kier molecular flexibility index (Phi) is 6.05. The van der Waals surface area contributed by atoms with E-state index in [2.05, 4.69) is 38.3 Å². The van der Waals surface area contributed by atoms with Gasteiger partial charge in [-0.15, -0.1) is 5.10 Å². The van der Waals surface area contributed by atoms with Gasteiger partial charge in [-0.2, -0.15) is 4.68 Å². The molecule has 4 aromatic rings.